The molecule has 0 fully saturated rings. The summed E-state index contributed by atoms with van der Waals surface area (Å²) in [7, 11) is 0. The zero-order valence-electron chi connectivity index (χ0n) is 13.5. The summed E-state index contributed by atoms with van der Waals surface area (Å²) in [6, 6.07) is 22.6. The summed E-state index contributed by atoms with van der Waals surface area (Å²) in [4.78, 5) is 0. The van der Waals surface area contributed by atoms with Crippen LogP contribution in [0.5, 0.6) is 0 Å². The molecular formula is C24H10Br2. The van der Waals surface area contributed by atoms with Gasteiger partial charge in [0.2, 0.25) is 0 Å². The molecule has 0 N–H and O–H groups in total. The first-order valence-electron chi connectivity index (χ1n) is 8.68. The Hall–Kier alpha value is -2.16. The van der Waals surface area contributed by atoms with Crippen LogP contribution < -0.4 is 0 Å². The molecule has 0 aliphatic carbocycles. The monoisotopic (exact) mass is 456 g/mol. The SMILES string of the molecule is Brc1c(Br)c2ccc3ccc4ccc5ccc6ccc1c1c6c5c4c3c21. The number of halogens is 2. The van der Waals surface area contributed by atoms with Gasteiger partial charge in [-0.2, -0.15) is 0 Å². The van der Waals surface area contributed by atoms with E-state index in [4.69, 9.17) is 0 Å². The van der Waals surface area contributed by atoms with Gasteiger partial charge in [-0.25, -0.2) is 0 Å². The standard InChI is InChI=1S/C24H10Br2/c25-23-15-9-7-13-5-3-11-1-2-12-4-6-14-8-10-16(24(23)26)22-20(14)18(12)17(11)19(13)21(15)22/h1-10H. The molecule has 26 heavy (non-hydrogen) atoms. The third kappa shape index (κ3) is 1.38. The maximum Gasteiger partial charge on any atom is 0.0402 e. The summed E-state index contributed by atoms with van der Waals surface area (Å²) in [6.07, 6.45) is 0. The lowest BCUT2D eigenvalue weighted by molar-refractivity contribution is 1.73. The summed E-state index contributed by atoms with van der Waals surface area (Å²) in [5, 5.41) is 16.2. The Bertz CT molecular complexity index is 1510. The molecule has 7 aromatic carbocycles. The Balaban J connectivity index is 2.09. The quantitative estimate of drug-likeness (QED) is 0.158. The second-order valence-electron chi connectivity index (χ2n) is 7.19. The lowest BCUT2D eigenvalue weighted by atomic mass is 9.83. The molecule has 0 saturated heterocycles. The maximum absolute atomic E-state index is 3.85. The Morgan fingerprint density at radius 1 is 0.346 bits per heavy atom. The molecule has 0 aromatic heterocycles. The molecule has 2 heteroatoms. The van der Waals surface area contributed by atoms with Crippen molar-refractivity contribution in [3.8, 4) is 0 Å². The molecule has 0 amide bonds. The normalized spacial score (nSPS) is 13.0. The molecule has 0 radical (unpaired) electrons. The fraction of sp³-hybridized carbons (Fsp3) is 0. The van der Waals surface area contributed by atoms with Crippen LogP contribution in [0, 0.1) is 0 Å². The third-order valence-corrected chi connectivity index (χ3v) is 8.22. The molecule has 7 aromatic rings. The van der Waals surface area contributed by atoms with Gasteiger partial charge >= 0.3 is 0 Å². The second kappa shape index (κ2) is 4.39. The van der Waals surface area contributed by atoms with E-state index in [1.165, 1.54) is 64.6 Å². The zero-order chi connectivity index (χ0) is 17.2. The lowest BCUT2D eigenvalue weighted by Crippen LogP contribution is -1.93. The van der Waals surface area contributed by atoms with Crippen molar-refractivity contribution in [1.29, 1.82) is 0 Å². The second-order valence-corrected chi connectivity index (χ2v) is 8.78. The van der Waals surface area contributed by atoms with Gasteiger partial charge in [-0.1, -0.05) is 60.7 Å². The van der Waals surface area contributed by atoms with Crippen LogP contribution in [0.2, 0.25) is 0 Å². The molecule has 0 nitrogen and oxygen atoms in total. The van der Waals surface area contributed by atoms with Crippen molar-refractivity contribution < 1.29 is 0 Å². The molecular weight excluding hydrogens is 448 g/mol. The summed E-state index contributed by atoms with van der Waals surface area (Å²) in [5.74, 6) is 0. The van der Waals surface area contributed by atoms with Gasteiger partial charge in [0.05, 0.1) is 0 Å². The van der Waals surface area contributed by atoms with Gasteiger partial charge in [0.1, 0.15) is 0 Å². The van der Waals surface area contributed by atoms with Crippen LogP contribution in [0.4, 0.5) is 0 Å². The molecule has 120 valence electrons. The van der Waals surface area contributed by atoms with Crippen molar-refractivity contribution in [1.82, 2.24) is 0 Å². The largest absolute Gasteiger partial charge is 0.0537 e. The molecule has 0 aliphatic heterocycles. The number of benzene rings is 7. The van der Waals surface area contributed by atoms with Crippen molar-refractivity contribution in [2.24, 2.45) is 0 Å². The first-order chi connectivity index (χ1) is 12.7. The third-order valence-electron chi connectivity index (χ3n) is 6.05. The summed E-state index contributed by atoms with van der Waals surface area (Å²) < 4.78 is 2.29. The minimum Gasteiger partial charge on any atom is -0.0537 e. The molecule has 0 spiro atoms. The highest BCUT2D eigenvalue weighted by Crippen LogP contribution is 2.51. The van der Waals surface area contributed by atoms with Crippen molar-refractivity contribution in [3.63, 3.8) is 0 Å². The molecule has 0 heterocycles. The van der Waals surface area contributed by atoms with E-state index in [9.17, 15) is 0 Å². The average molecular weight is 458 g/mol. The Labute approximate surface area is 165 Å². The molecule has 0 unspecified atom stereocenters. The van der Waals surface area contributed by atoms with Gasteiger partial charge in [0.25, 0.3) is 0 Å². The molecule has 0 atom stereocenters. The van der Waals surface area contributed by atoms with Gasteiger partial charge in [0.15, 0.2) is 0 Å². The lowest BCUT2D eigenvalue weighted by Gasteiger charge is -2.21. The summed E-state index contributed by atoms with van der Waals surface area (Å²) in [5.41, 5.74) is 0. The smallest absolute Gasteiger partial charge is 0.0402 e. The zero-order valence-corrected chi connectivity index (χ0v) is 16.7. The van der Waals surface area contributed by atoms with Gasteiger partial charge in [0, 0.05) is 8.95 Å². The first-order valence-corrected chi connectivity index (χ1v) is 10.3. The minimum absolute atomic E-state index is 1.14. The Morgan fingerprint density at radius 3 is 0.962 bits per heavy atom. The topological polar surface area (TPSA) is 0 Å². The van der Waals surface area contributed by atoms with Gasteiger partial charge in [-0.15, -0.1) is 0 Å². The molecule has 0 saturated carbocycles. The van der Waals surface area contributed by atoms with Crippen molar-refractivity contribution in [2.45, 2.75) is 0 Å². The fourth-order valence-electron chi connectivity index (χ4n) is 4.99. The van der Waals surface area contributed by atoms with Crippen molar-refractivity contribution >= 4 is 96.5 Å². The average Bonchev–Trinajstić information content (AvgIpc) is 2.69. The van der Waals surface area contributed by atoms with E-state index in [0.29, 0.717) is 0 Å². The van der Waals surface area contributed by atoms with E-state index in [2.05, 4.69) is 92.5 Å². The highest BCUT2D eigenvalue weighted by Gasteiger charge is 2.22. The first kappa shape index (κ1) is 14.0. The van der Waals surface area contributed by atoms with E-state index < -0.39 is 0 Å². The van der Waals surface area contributed by atoms with Crippen LogP contribution >= 0.6 is 31.9 Å². The van der Waals surface area contributed by atoms with Crippen molar-refractivity contribution in [3.05, 3.63) is 69.6 Å². The van der Waals surface area contributed by atoms with Gasteiger partial charge in [-0.05, 0) is 96.5 Å². The predicted molar refractivity (Wildman–Crippen MR) is 120 cm³/mol. The fourth-order valence-corrected chi connectivity index (χ4v) is 6.07. The molecule has 7 rings (SSSR count). The maximum atomic E-state index is 3.85. The van der Waals surface area contributed by atoms with Crippen molar-refractivity contribution in [2.75, 3.05) is 0 Å². The van der Waals surface area contributed by atoms with E-state index in [-0.39, 0.29) is 0 Å². The number of hydrogen-bond donors (Lipinski definition) is 0. The van der Waals surface area contributed by atoms with Crippen LogP contribution in [0.1, 0.15) is 0 Å². The van der Waals surface area contributed by atoms with E-state index >= 15 is 0 Å². The predicted octanol–water partition coefficient (Wildman–Crippen LogP) is 8.44. The van der Waals surface area contributed by atoms with E-state index in [1.807, 2.05) is 0 Å². The Kier molecular flexibility index (Phi) is 2.36. The van der Waals surface area contributed by atoms with Crippen LogP contribution in [-0.2, 0) is 0 Å². The van der Waals surface area contributed by atoms with Crippen LogP contribution in [0.3, 0.4) is 0 Å². The highest BCUT2D eigenvalue weighted by molar-refractivity contribution is 9.13. The number of rotatable bonds is 0. The number of hydrogen-bond acceptors (Lipinski definition) is 0. The molecule has 0 bridgehead atoms. The Morgan fingerprint density at radius 2 is 0.615 bits per heavy atom. The highest BCUT2D eigenvalue weighted by atomic mass is 79.9. The van der Waals surface area contributed by atoms with Crippen LogP contribution in [-0.4, -0.2) is 0 Å². The van der Waals surface area contributed by atoms with Gasteiger partial charge in [-0.3, -0.25) is 0 Å². The van der Waals surface area contributed by atoms with Crippen LogP contribution in [0.25, 0.3) is 64.6 Å². The summed E-state index contributed by atoms with van der Waals surface area (Å²) in [6.45, 7) is 0. The van der Waals surface area contributed by atoms with Gasteiger partial charge < -0.3 is 0 Å². The summed E-state index contributed by atoms with van der Waals surface area (Å²) >= 11 is 7.71. The van der Waals surface area contributed by atoms with E-state index in [0.717, 1.165) is 8.95 Å². The van der Waals surface area contributed by atoms with Crippen LogP contribution in [0.15, 0.2) is 69.6 Å². The van der Waals surface area contributed by atoms with E-state index in [1.54, 1.807) is 0 Å². The minimum atomic E-state index is 1.14. The molecule has 0 aliphatic rings.